The molecule has 0 unspecified atom stereocenters. The Kier molecular flexibility index (Phi) is 4.66. The fourth-order valence-corrected chi connectivity index (χ4v) is 2.29. The molecule has 0 aliphatic heterocycles. The molecular weight excluding hydrogens is 286 g/mol. The van der Waals surface area contributed by atoms with Crippen molar-refractivity contribution in [2.45, 2.75) is 26.7 Å². The van der Waals surface area contributed by atoms with Gasteiger partial charge in [-0.3, -0.25) is 4.99 Å². The van der Waals surface area contributed by atoms with Crippen LogP contribution in [0.15, 0.2) is 53.5 Å². The molecule has 0 spiro atoms. The number of benzene rings is 2. The van der Waals surface area contributed by atoms with Gasteiger partial charge in [0.1, 0.15) is 5.52 Å². The van der Waals surface area contributed by atoms with E-state index in [4.69, 9.17) is 0 Å². The minimum atomic E-state index is 0.705. The van der Waals surface area contributed by atoms with Crippen molar-refractivity contribution in [1.82, 2.24) is 15.0 Å². The molecule has 5 heteroatoms. The number of rotatable bonds is 4. The van der Waals surface area contributed by atoms with E-state index in [2.05, 4.69) is 46.6 Å². The first-order chi connectivity index (χ1) is 11.3. The van der Waals surface area contributed by atoms with Gasteiger partial charge < -0.3 is 5.32 Å². The lowest BCUT2D eigenvalue weighted by Crippen LogP contribution is -2.23. The van der Waals surface area contributed by atoms with Crippen molar-refractivity contribution in [2.24, 2.45) is 4.99 Å². The van der Waals surface area contributed by atoms with Crippen molar-refractivity contribution >= 4 is 22.7 Å². The summed E-state index contributed by atoms with van der Waals surface area (Å²) in [6.07, 6.45) is 2.16. The summed E-state index contributed by atoms with van der Waals surface area (Å²) in [6, 6.07) is 16.1. The summed E-state index contributed by atoms with van der Waals surface area (Å²) in [6.45, 7) is 5.00. The molecule has 0 atom stereocenters. The highest BCUT2D eigenvalue weighted by molar-refractivity contribution is 5.99. The largest absolute Gasteiger partial charge is 0.324 e. The molecule has 0 aliphatic rings. The van der Waals surface area contributed by atoms with Gasteiger partial charge in [0.25, 0.3) is 0 Å². The van der Waals surface area contributed by atoms with Crippen LogP contribution in [0.2, 0.25) is 0 Å². The molecule has 118 valence electrons. The lowest BCUT2D eigenvalue weighted by Gasteiger charge is -2.10. The van der Waals surface area contributed by atoms with E-state index < -0.39 is 0 Å². The van der Waals surface area contributed by atoms with E-state index in [-0.39, 0.29) is 0 Å². The van der Waals surface area contributed by atoms with Crippen molar-refractivity contribution in [2.75, 3.05) is 11.9 Å². The number of aliphatic imine (C=N–C) groups is 1. The summed E-state index contributed by atoms with van der Waals surface area (Å²) in [5.41, 5.74) is 4.03. The van der Waals surface area contributed by atoms with Crippen LogP contribution in [0.1, 0.15) is 25.3 Å². The molecule has 0 saturated carbocycles. The highest BCUT2D eigenvalue weighted by atomic mass is 15.5. The summed E-state index contributed by atoms with van der Waals surface area (Å²) in [4.78, 5) is 4.69. The van der Waals surface area contributed by atoms with Gasteiger partial charge in [-0.1, -0.05) is 48.4 Å². The van der Waals surface area contributed by atoms with Crippen LogP contribution >= 0.6 is 0 Å². The maximum absolute atomic E-state index is 4.69. The molecule has 0 bridgehead atoms. The van der Waals surface area contributed by atoms with Gasteiger partial charge in [0.2, 0.25) is 5.96 Å². The number of aryl methyl sites for hydroxylation is 1. The Morgan fingerprint density at radius 1 is 1.13 bits per heavy atom. The molecule has 0 saturated heterocycles. The van der Waals surface area contributed by atoms with Crippen LogP contribution in [0.4, 0.5) is 5.69 Å². The Labute approximate surface area is 136 Å². The third-order valence-electron chi connectivity index (χ3n) is 3.63. The molecule has 0 radical (unpaired) electrons. The smallest absolute Gasteiger partial charge is 0.225 e. The molecule has 0 amide bonds. The number of aromatic nitrogens is 3. The van der Waals surface area contributed by atoms with Crippen molar-refractivity contribution in [3.63, 3.8) is 0 Å². The topological polar surface area (TPSA) is 55.1 Å². The number of hydrogen-bond donors (Lipinski definition) is 1. The van der Waals surface area contributed by atoms with Crippen LogP contribution in [0.5, 0.6) is 0 Å². The summed E-state index contributed by atoms with van der Waals surface area (Å²) < 4.78 is 1.77. The second-order valence-corrected chi connectivity index (χ2v) is 5.54. The lowest BCUT2D eigenvalue weighted by molar-refractivity contribution is 0.791. The van der Waals surface area contributed by atoms with E-state index in [0.717, 1.165) is 36.1 Å². The second-order valence-electron chi connectivity index (χ2n) is 5.54. The van der Waals surface area contributed by atoms with E-state index in [1.165, 1.54) is 5.56 Å². The molecule has 1 N–H and O–H groups in total. The van der Waals surface area contributed by atoms with Crippen LogP contribution in [-0.2, 0) is 0 Å². The zero-order valence-electron chi connectivity index (χ0n) is 13.5. The van der Waals surface area contributed by atoms with E-state index in [0.29, 0.717) is 5.96 Å². The van der Waals surface area contributed by atoms with E-state index in [9.17, 15) is 0 Å². The molecule has 1 aromatic heterocycles. The maximum atomic E-state index is 4.69. The lowest BCUT2D eigenvalue weighted by atomic mass is 10.2. The van der Waals surface area contributed by atoms with Gasteiger partial charge in [0, 0.05) is 12.2 Å². The maximum Gasteiger partial charge on any atom is 0.225 e. The normalized spacial score (nSPS) is 11.8. The Balaban J connectivity index is 1.95. The predicted molar refractivity (Wildman–Crippen MR) is 94.9 cm³/mol. The molecule has 5 nitrogen and oxygen atoms in total. The molecule has 23 heavy (non-hydrogen) atoms. The minimum Gasteiger partial charge on any atom is -0.324 e. The number of fused-ring (bicyclic) bond motifs is 1. The van der Waals surface area contributed by atoms with E-state index in [1.54, 1.807) is 4.68 Å². The van der Waals surface area contributed by atoms with E-state index in [1.807, 2.05) is 36.4 Å². The van der Waals surface area contributed by atoms with Gasteiger partial charge >= 0.3 is 0 Å². The van der Waals surface area contributed by atoms with Crippen LogP contribution in [-0.4, -0.2) is 27.5 Å². The van der Waals surface area contributed by atoms with Gasteiger partial charge in [0.15, 0.2) is 0 Å². The highest BCUT2D eigenvalue weighted by Gasteiger charge is 2.10. The summed E-state index contributed by atoms with van der Waals surface area (Å²) in [5, 5.41) is 11.8. The first-order valence-corrected chi connectivity index (χ1v) is 7.97. The van der Waals surface area contributed by atoms with Crippen LogP contribution in [0.3, 0.4) is 0 Å². The zero-order chi connectivity index (χ0) is 16.1. The SMILES string of the molecule is CCCCN=C(Nc1ccc(C)cc1)n1nnc2ccccc21. The Morgan fingerprint density at radius 3 is 2.70 bits per heavy atom. The minimum absolute atomic E-state index is 0.705. The average Bonchev–Trinajstić information content (AvgIpc) is 3.00. The zero-order valence-corrected chi connectivity index (χ0v) is 13.5. The first-order valence-electron chi connectivity index (χ1n) is 7.97. The number of anilines is 1. The highest BCUT2D eigenvalue weighted by Crippen LogP contribution is 2.13. The van der Waals surface area contributed by atoms with Crippen molar-refractivity contribution in [3.8, 4) is 0 Å². The molecule has 3 rings (SSSR count). The number of nitrogens with one attached hydrogen (secondary N) is 1. The molecule has 3 aromatic rings. The quantitative estimate of drug-likeness (QED) is 0.452. The van der Waals surface area contributed by atoms with Gasteiger partial charge in [0.05, 0.1) is 5.52 Å². The average molecular weight is 307 g/mol. The monoisotopic (exact) mass is 307 g/mol. The molecule has 0 fully saturated rings. The van der Waals surface area contributed by atoms with Gasteiger partial charge in [-0.15, -0.1) is 5.10 Å². The fourth-order valence-electron chi connectivity index (χ4n) is 2.29. The standard InChI is InChI=1S/C18H21N5/c1-3-4-13-19-18(20-15-11-9-14(2)10-12-15)23-17-8-6-5-7-16(17)21-22-23/h5-12H,3-4,13H2,1-2H3,(H,19,20). The first kappa shape index (κ1) is 15.2. The number of unbranched alkanes of at least 4 members (excludes halogenated alkanes) is 1. The van der Waals surface area contributed by atoms with Gasteiger partial charge in [-0.25, -0.2) is 0 Å². The Morgan fingerprint density at radius 2 is 1.91 bits per heavy atom. The van der Waals surface area contributed by atoms with E-state index >= 15 is 0 Å². The third kappa shape index (κ3) is 3.56. The van der Waals surface area contributed by atoms with Crippen molar-refractivity contribution in [3.05, 3.63) is 54.1 Å². The Hall–Kier alpha value is -2.69. The van der Waals surface area contributed by atoms with Gasteiger partial charge in [-0.2, -0.15) is 4.68 Å². The molecule has 0 aliphatic carbocycles. The van der Waals surface area contributed by atoms with Crippen LogP contribution in [0, 0.1) is 6.92 Å². The summed E-state index contributed by atoms with van der Waals surface area (Å²) in [7, 11) is 0. The van der Waals surface area contributed by atoms with Crippen molar-refractivity contribution < 1.29 is 0 Å². The number of nitrogens with zero attached hydrogens (tertiary/aromatic N) is 4. The second kappa shape index (κ2) is 7.05. The molecule has 1 heterocycles. The molecular formula is C18H21N5. The van der Waals surface area contributed by atoms with Crippen LogP contribution < -0.4 is 5.32 Å². The Bertz CT molecular complexity index is 802. The number of para-hydroxylation sites is 1. The summed E-state index contributed by atoms with van der Waals surface area (Å²) >= 11 is 0. The number of hydrogen-bond acceptors (Lipinski definition) is 3. The predicted octanol–water partition coefficient (Wildman–Crippen LogP) is 3.86. The van der Waals surface area contributed by atoms with Crippen LogP contribution in [0.25, 0.3) is 11.0 Å². The van der Waals surface area contributed by atoms with Gasteiger partial charge in [-0.05, 0) is 37.6 Å². The fraction of sp³-hybridized carbons (Fsp3) is 0.278. The third-order valence-corrected chi connectivity index (χ3v) is 3.63. The van der Waals surface area contributed by atoms with Crippen molar-refractivity contribution in [1.29, 1.82) is 0 Å². The molecule has 2 aromatic carbocycles. The summed E-state index contributed by atoms with van der Waals surface area (Å²) in [5.74, 6) is 0.705.